The van der Waals surface area contributed by atoms with Gasteiger partial charge in [-0.1, -0.05) is 0 Å². The minimum absolute atomic E-state index is 0.0919. The molecule has 0 saturated carbocycles. The summed E-state index contributed by atoms with van der Waals surface area (Å²) in [5.41, 5.74) is -1.61. The summed E-state index contributed by atoms with van der Waals surface area (Å²) in [5, 5.41) is 13.8. The Kier molecular flexibility index (Phi) is 4.94. The second-order valence-electron chi connectivity index (χ2n) is 6.43. The molecule has 146 valence electrons. The third kappa shape index (κ3) is 3.96. The van der Waals surface area contributed by atoms with Crippen LogP contribution in [0.15, 0.2) is 18.2 Å². The van der Waals surface area contributed by atoms with Crippen molar-refractivity contribution in [2.24, 2.45) is 0 Å². The van der Waals surface area contributed by atoms with E-state index in [1.807, 2.05) is 0 Å². The zero-order chi connectivity index (χ0) is 19.8. The van der Waals surface area contributed by atoms with Crippen LogP contribution in [0.4, 0.5) is 24.5 Å². The van der Waals surface area contributed by atoms with Gasteiger partial charge in [-0.25, -0.2) is 0 Å². The number of nitro groups is 1. The molecule has 27 heavy (non-hydrogen) atoms. The molecule has 11 heteroatoms. The molecule has 2 fully saturated rings. The van der Waals surface area contributed by atoms with E-state index in [0.717, 1.165) is 12.1 Å². The lowest BCUT2D eigenvalue weighted by Gasteiger charge is -2.36. The Labute approximate surface area is 152 Å². The van der Waals surface area contributed by atoms with E-state index in [1.165, 1.54) is 0 Å². The number of carbonyl (C=O) groups is 2. The first kappa shape index (κ1) is 18.9. The van der Waals surface area contributed by atoms with Gasteiger partial charge >= 0.3 is 6.18 Å². The van der Waals surface area contributed by atoms with Crippen molar-refractivity contribution >= 4 is 23.2 Å². The number of anilines is 1. The molecular formula is C16H17F3N4O4. The molecule has 8 nitrogen and oxygen atoms in total. The molecule has 0 spiro atoms. The second kappa shape index (κ2) is 7.05. The minimum Gasteiger partial charge on any atom is -0.362 e. The van der Waals surface area contributed by atoms with E-state index in [2.05, 4.69) is 5.32 Å². The zero-order valence-electron chi connectivity index (χ0n) is 14.2. The van der Waals surface area contributed by atoms with Crippen molar-refractivity contribution in [2.45, 2.75) is 25.1 Å². The highest BCUT2D eigenvalue weighted by Crippen LogP contribution is 2.36. The Balaban J connectivity index is 1.71. The summed E-state index contributed by atoms with van der Waals surface area (Å²) in [7, 11) is 0. The fraction of sp³-hybridized carbons (Fsp3) is 0.500. The molecule has 2 aliphatic heterocycles. The van der Waals surface area contributed by atoms with Gasteiger partial charge in [0, 0.05) is 38.7 Å². The van der Waals surface area contributed by atoms with Gasteiger partial charge in [-0.3, -0.25) is 19.7 Å². The third-order valence-corrected chi connectivity index (χ3v) is 4.72. The number of hydrogen-bond donors (Lipinski definition) is 1. The number of piperazine rings is 1. The van der Waals surface area contributed by atoms with Crippen LogP contribution >= 0.6 is 0 Å². The maximum atomic E-state index is 12.8. The lowest BCUT2D eigenvalue weighted by molar-refractivity contribution is -0.384. The number of rotatable bonds is 3. The molecule has 2 saturated heterocycles. The van der Waals surface area contributed by atoms with Crippen LogP contribution in [0.5, 0.6) is 0 Å². The fourth-order valence-electron chi connectivity index (χ4n) is 3.30. The van der Waals surface area contributed by atoms with Gasteiger partial charge in [0.1, 0.15) is 11.7 Å². The summed E-state index contributed by atoms with van der Waals surface area (Å²) in [6.07, 6.45) is -3.93. The molecule has 0 aromatic heterocycles. The Hall–Kier alpha value is -2.85. The average molecular weight is 386 g/mol. The number of carbonyl (C=O) groups excluding carboxylic acids is 2. The van der Waals surface area contributed by atoms with E-state index < -0.39 is 28.4 Å². The molecular weight excluding hydrogens is 369 g/mol. The van der Waals surface area contributed by atoms with E-state index in [9.17, 15) is 32.9 Å². The molecule has 1 aromatic rings. The molecule has 2 heterocycles. The normalized spacial score (nSPS) is 20.6. The van der Waals surface area contributed by atoms with Crippen LogP contribution in [-0.2, 0) is 15.8 Å². The number of nitro benzene ring substituents is 1. The fourth-order valence-corrected chi connectivity index (χ4v) is 3.30. The van der Waals surface area contributed by atoms with E-state index in [0.29, 0.717) is 18.9 Å². The predicted octanol–water partition coefficient (Wildman–Crippen LogP) is 1.54. The van der Waals surface area contributed by atoms with Gasteiger partial charge in [-0.2, -0.15) is 13.2 Å². The average Bonchev–Trinajstić information content (AvgIpc) is 3.06. The Morgan fingerprint density at radius 1 is 1.22 bits per heavy atom. The number of nitrogens with zero attached hydrogens (tertiary/aromatic N) is 3. The number of nitrogens with one attached hydrogen (secondary N) is 1. The predicted molar refractivity (Wildman–Crippen MR) is 88.1 cm³/mol. The summed E-state index contributed by atoms with van der Waals surface area (Å²) in [4.78, 5) is 37.2. The van der Waals surface area contributed by atoms with Crippen molar-refractivity contribution in [1.29, 1.82) is 0 Å². The largest absolute Gasteiger partial charge is 0.416 e. The quantitative estimate of drug-likeness (QED) is 0.628. The van der Waals surface area contributed by atoms with Crippen molar-refractivity contribution < 1.29 is 27.7 Å². The van der Waals surface area contributed by atoms with Crippen LogP contribution in [0.25, 0.3) is 0 Å². The van der Waals surface area contributed by atoms with Crippen molar-refractivity contribution in [3.05, 3.63) is 33.9 Å². The molecule has 3 rings (SSSR count). The molecule has 2 amide bonds. The Bertz CT molecular complexity index is 775. The summed E-state index contributed by atoms with van der Waals surface area (Å²) in [6, 6.07) is 1.88. The van der Waals surface area contributed by atoms with Gasteiger partial charge in [0.05, 0.1) is 10.5 Å². The SMILES string of the molecule is O=C1CCC(C(=O)N2CCN(c3ccc(C(F)(F)F)cc3[N+](=O)[O-])CC2)N1. The van der Waals surface area contributed by atoms with Gasteiger partial charge in [0.2, 0.25) is 11.8 Å². The smallest absolute Gasteiger partial charge is 0.362 e. The second-order valence-corrected chi connectivity index (χ2v) is 6.43. The van der Waals surface area contributed by atoms with Crippen LogP contribution in [0.1, 0.15) is 18.4 Å². The molecule has 1 unspecified atom stereocenters. The Morgan fingerprint density at radius 3 is 2.41 bits per heavy atom. The monoisotopic (exact) mass is 386 g/mol. The molecule has 0 aliphatic carbocycles. The maximum absolute atomic E-state index is 12.8. The van der Waals surface area contributed by atoms with Crippen LogP contribution < -0.4 is 10.2 Å². The van der Waals surface area contributed by atoms with Crippen molar-refractivity contribution in [3.8, 4) is 0 Å². The zero-order valence-corrected chi connectivity index (χ0v) is 14.2. The molecule has 0 radical (unpaired) electrons. The number of benzene rings is 1. The van der Waals surface area contributed by atoms with Crippen molar-refractivity contribution in [3.63, 3.8) is 0 Å². The van der Waals surface area contributed by atoms with Crippen LogP contribution in [-0.4, -0.2) is 53.9 Å². The number of hydrogen-bond acceptors (Lipinski definition) is 5. The number of alkyl halides is 3. The van der Waals surface area contributed by atoms with Crippen LogP contribution in [0.2, 0.25) is 0 Å². The summed E-state index contributed by atoms with van der Waals surface area (Å²) >= 11 is 0. The Morgan fingerprint density at radius 2 is 1.89 bits per heavy atom. The van der Waals surface area contributed by atoms with E-state index in [-0.39, 0.29) is 43.7 Å². The minimum atomic E-state index is -4.67. The highest BCUT2D eigenvalue weighted by molar-refractivity contribution is 5.91. The summed E-state index contributed by atoms with van der Waals surface area (Å²) < 4.78 is 38.4. The topological polar surface area (TPSA) is 95.8 Å². The first-order valence-corrected chi connectivity index (χ1v) is 8.35. The van der Waals surface area contributed by atoms with Crippen LogP contribution in [0, 0.1) is 10.1 Å². The highest BCUT2D eigenvalue weighted by atomic mass is 19.4. The maximum Gasteiger partial charge on any atom is 0.416 e. The molecule has 2 aliphatic rings. The van der Waals surface area contributed by atoms with Gasteiger partial charge in [0.15, 0.2) is 0 Å². The first-order valence-electron chi connectivity index (χ1n) is 8.35. The molecule has 1 aromatic carbocycles. The lowest BCUT2D eigenvalue weighted by atomic mass is 10.1. The van der Waals surface area contributed by atoms with Crippen molar-refractivity contribution in [1.82, 2.24) is 10.2 Å². The first-order chi connectivity index (χ1) is 12.7. The standard InChI is InChI=1S/C16H17F3N4O4/c17-16(18,19)10-1-3-12(13(9-10)23(26)27)21-5-7-22(8-6-21)15(25)11-2-4-14(24)20-11/h1,3,9,11H,2,4-8H2,(H,20,24). The molecule has 1 N–H and O–H groups in total. The third-order valence-electron chi connectivity index (χ3n) is 4.72. The molecule has 0 bridgehead atoms. The summed E-state index contributed by atoms with van der Waals surface area (Å²) in [6.45, 7) is 1.03. The van der Waals surface area contributed by atoms with Gasteiger partial charge in [-0.15, -0.1) is 0 Å². The van der Waals surface area contributed by atoms with E-state index in [1.54, 1.807) is 9.80 Å². The number of amides is 2. The lowest BCUT2D eigenvalue weighted by Crippen LogP contribution is -2.53. The van der Waals surface area contributed by atoms with Gasteiger partial charge in [0.25, 0.3) is 5.69 Å². The number of halogens is 3. The molecule has 1 atom stereocenters. The van der Waals surface area contributed by atoms with Gasteiger partial charge < -0.3 is 15.1 Å². The highest BCUT2D eigenvalue weighted by Gasteiger charge is 2.35. The van der Waals surface area contributed by atoms with Gasteiger partial charge in [-0.05, 0) is 18.6 Å². The van der Waals surface area contributed by atoms with Crippen LogP contribution in [0.3, 0.4) is 0 Å². The summed E-state index contributed by atoms with van der Waals surface area (Å²) in [5.74, 6) is -0.380. The van der Waals surface area contributed by atoms with E-state index in [4.69, 9.17) is 0 Å². The van der Waals surface area contributed by atoms with E-state index >= 15 is 0 Å². The van der Waals surface area contributed by atoms with Crippen molar-refractivity contribution in [2.75, 3.05) is 31.1 Å².